The molecule has 0 unspecified atom stereocenters. The Morgan fingerprint density at radius 3 is 2.76 bits per heavy atom. The second-order valence-corrected chi connectivity index (χ2v) is 7.05. The molecule has 2 aromatic heterocycles. The van der Waals surface area contributed by atoms with Crippen molar-refractivity contribution in [3.63, 3.8) is 0 Å². The summed E-state index contributed by atoms with van der Waals surface area (Å²) in [4.78, 5) is 0. The van der Waals surface area contributed by atoms with E-state index in [0.29, 0.717) is 0 Å². The molecule has 3 heteroatoms. The smallest absolute Gasteiger partial charge is 0.101 e. The fourth-order valence-electron chi connectivity index (χ4n) is 4.43. The molecule has 25 heavy (non-hydrogen) atoms. The van der Waals surface area contributed by atoms with Crippen LogP contribution in [0.25, 0.3) is 33.1 Å². The SMILES string of the molecule is Cc1ccc2c(C)c3n(c2c1)CCCn1cc(C#N)c2cccc-3c21. The third-order valence-electron chi connectivity index (χ3n) is 5.53. The zero-order valence-corrected chi connectivity index (χ0v) is 14.5. The zero-order valence-electron chi connectivity index (χ0n) is 14.5. The van der Waals surface area contributed by atoms with Crippen molar-refractivity contribution < 1.29 is 0 Å². The fraction of sp³-hybridized carbons (Fsp3) is 0.227. The summed E-state index contributed by atoms with van der Waals surface area (Å²) in [7, 11) is 0. The lowest BCUT2D eigenvalue weighted by molar-refractivity contribution is 0.581. The molecule has 3 heterocycles. The molecule has 4 aromatic rings. The van der Waals surface area contributed by atoms with Gasteiger partial charge in [-0.05, 0) is 37.5 Å². The number of aryl methyl sites for hydroxylation is 4. The van der Waals surface area contributed by atoms with Crippen LogP contribution >= 0.6 is 0 Å². The molecule has 3 nitrogen and oxygen atoms in total. The van der Waals surface area contributed by atoms with E-state index in [1.165, 1.54) is 38.8 Å². The van der Waals surface area contributed by atoms with Crippen molar-refractivity contribution in [1.29, 1.82) is 5.26 Å². The van der Waals surface area contributed by atoms with E-state index in [-0.39, 0.29) is 0 Å². The molecule has 0 amide bonds. The summed E-state index contributed by atoms with van der Waals surface area (Å²) in [6.07, 6.45) is 3.08. The molecule has 0 radical (unpaired) electrons. The van der Waals surface area contributed by atoms with Crippen molar-refractivity contribution in [3.8, 4) is 17.3 Å². The van der Waals surface area contributed by atoms with Crippen LogP contribution in [0.2, 0.25) is 0 Å². The minimum absolute atomic E-state index is 0.773. The van der Waals surface area contributed by atoms with Crippen molar-refractivity contribution in [2.75, 3.05) is 0 Å². The number of hydrogen-bond donors (Lipinski definition) is 0. The Balaban J connectivity index is 1.97. The van der Waals surface area contributed by atoms with Gasteiger partial charge >= 0.3 is 0 Å². The Morgan fingerprint density at radius 1 is 1.04 bits per heavy atom. The van der Waals surface area contributed by atoms with Crippen molar-refractivity contribution in [2.45, 2.75) is 33.4 Å². The van der Waals surface area contributed by atoms with Gasteiger partial charge in [0.15, 0.2) is 0 Å². The predicted octanol–water partition coefficient (Wildman–Crippen LogP) is 5.16. The molecule has 0 saturated heterocycles. The van der Waals surface area contributed by atoms with E-state index in [4.69, 9.17) is 0 Å². The number of rotatable bonds is 0. The van der Waals surface area contributed by atoms with Gasteiger partial charge < -0.3 is 9.13 Å². The maximum Gasteiger partial charge on any atom is 0.101 e. The summed E-state index contributed by atoms with van der Waals surface area (Å²) in [5.41, 5.74) is 8.46. The van der Waals surface area contributed by atoms with Gasteiger partial charge in [-0.2, -0.15) is 5.26 Å². The largest absolute Gasteiger partial charge is 0.345 e. The molecule has 0 saturated carbocycles. The average molecular weight is 325 g/mol. The third kappa shape index (κ3) is 1.85. The van der Waals surface area contributed by atoms with Crippen LogP contribution in [0.3, 0.4) is 0 Å². The maximum atomic E-state index is 9.52. The molecular weight excluding hydrogens is 306 g/mol. The molecule has 0 spiro atoms. The van der Waals surface area contributed by atoms with Crippen molar-refractivity contribution in [3.05, 3.63) is 59.3 Å². The van der Waals surface area contributed by atoms with Crippen molar-refractivity contribution in [2.24, 2.45) is 0 Å². The second-order valence-electron chi connectivity index (χ2n) is 7.05. The van der Waals surface area contributed by atoms with Gasteiger partial charge in [0.05, 0.1) is 16.8 Å². The van der Waals surface area contributed by atoms with Crippen molar-refractivity contribution >= 4 is 21.8 Å². The van der Waals surface area contributed by atoms with Crippen LogP contribution in [0.4, 0.5) is 0 Å². The lowest BCUT2D eigenvalue weighted by Gasteiger charge is -2.18. The minimum atomic E-state index is 0.773. The van der Waals surface area contributed by atoms with Gasteiger partial charge in [-0.1, -0.05) is 30.3 Å². The lowest BCUT2D eigenvalue weighted by Crippen LogP contribution is -2.09. The number of hydrogen-bond acceptors (Lipinski definition) is 1. The highest BCUT2D eigenvalue weighted by molar-refractivity contribution is 6.02. The van der Waals surface area contributed by atoms with E-state index in [1.807, 2.05) is 6.20 Å². The van der Waals surface area contributed by atoms with Crippen LogP contribution in [0.5, 0.6) is 0 Å². The van der Waals surface area contributed by atoms with Crippen LogP contribution in [0.1, 0.15) is 23.1 Å². The predicted molar refractivity (Wildman–Crippen MR) is 102 cm³/mol. The highest BCUT2D eigenvalue weighted by atomic mass is 15.0. The zero-order chi connectivity index (χ0) is 17.1. The number of benzene rings is 2. The molecule has 1 aliphatic heterocycles. The molecule has 2 aromatic carbocycles. The van der Waals surface area contributed by atoms with E-state index in [0.717, 1.165) is 30.5 Å². The van der Waals surface area contributed by atoms with Gasteiger partial charge in [0.1, 0.15) is 6.07 Å². The number of nitrogens with zero attached hydrogens (tertiary/aromatic N) is 3. The first kappa shape index (κ1) is 14.4. The number of fused-ring (bicyclic) bond motifs is 4. The molecule has 0 bridgehead atoms. The van der Waals surface area contributed by atoms with E-state index < -0.39 is 0 Å². The highest BCUT2D eigenvalue weighted by Gasteiger charge is 2.22. The topological polar surface area (TPSA) is 33.6 Å². The molecular formula is C22H19N3. The van der Waals surface area contributed by atoms with Crippen LogP contribution in [0, 0.1) is 25.2 Å². The monoisotopic (exact) mass is 325 g/mol. The van der Waals surface area contributed by atoms with Crippen LogP contribution in [-0.4, -0.2) is 9.13 Å². The summed E-state index contributed by atoms with van der Waals surface area (Å²) >= 11 is 0. The summed E-state index contributed by atoms with van der Waals surface area (Å²) in [6, 6.07) is 15.5. The summed E-state index contributed by atoms with van der Waals surface area (Å²) in [5, 5.41) is 11.9. The fourth-order valence-corrected chi connectivity index (χ4v) is 4.43. The van der Waals surface area contributed by atoms with Crippen LogP contribution in [-0.2, 0) is 13.1 Å². The maximum absolute atomic E-state index is 9.52. The van der Waals surface area contributed by atoms with Gasteiger partial charge in [-0.3, -0.25) is 0 Å². The van der Waals surface area contributed by atoms with Gasteiger partial charge in [0.25, 0.3) is 0 Å². The number of aromatic nitrogens is 2. The first-order valence-electron chi connectivity index (χ1n) is 8.81. The van der Waals surface area contributed by atoms with E-state index in [1.54, 1.807) is 0 Å². The number of nitriles is 1. The van der Waals surface area contributed by atoms with Crippen LogP contribution in [0.15, 0.2) is 42.6 Å². The lowest BCUT2D eigenvalue weighted by atomic mass is 10.0. The molecule has 122 valence electrons. The molecule has 0 fully saturated rings. The first-order valence-corrected chi connectivity index (χ1v) is 8.81. The standard InChI is InChI=1S/C22H19N3/c1-14-7-8-17-15(2)21-19-6-3-5-18-16(12-23)13-24(22(18)19)9-4-10-25(21)20(17)11-14/h3,5-8,11,13H,4,9-10H2,1-2H3. The second kappa shape index (κ2) is 5.00. The molecule has 1 aliphatic rings. The van der Waals surface area contributed by atoms with E-state index in [2.05, 4.69) is 65.4 Å². The highest BCUT2D eigenvalue weighted by Crippen LogP contribution is 2.39. The Morgan fingerprint density at radius 2 is 1.92 bits per heavy atom. The minimum Gasteiger partial charge on any atom is -0.345 e. The third-order valence-corrected chi connectivity index (χ3v) is 5.53. The molecule has 0 atom stereocenters. The quantitative estimate of drug-likeness (QED) is 0.440. The molecule has 0 aliphatic carbocycles. The van der Waals surface area contributed by atoms with Gasteiger partial charge in [0, 0.05) is 41.1 Å². The van der Waals surface area contributed by atoms with Gasteiger partial charge in [-0.25, -0.2) is 0 Å². The molecule has 0 N–H and O–H groups in total. The Kier molecular flexibility index (Phi) is 2.87. The van der Waals surface area contributed by atoms with Gasteiger partial charge in [-0.15, -0.1) is 0 Å². The summed E-state index contributed by atoms with van der Waals surface area (Å²) < 4.78 is 4.75. The first-order chi connectivity index (χ1) is 12.2. The van der Waals surface area contributed by atoms with Crippen molar-refractivity contribution in [1.82, 2.24) is 9.13 Å². The Hall–Kier alpha value is -2.99. The van der Waals surface area contributed by atoms with E-state index in [9.17, 15) is 5.26 Å². The van der Waals surface area contributed by atoms with E-state index >= 15 is 0 Å². The van der Waals surface area contributed by atoms with Gasteiger partial charge in [0.2, 0.25) is 0 Å². The average Bonchev–Trinajstić information content (AvgIpc) is 3.09. The Labute approximate surface area is 146 Å². The normalized spacial score (nSPS) is 13.5. The van der Waals surface area contributed by atoms with Crippen LogP contribution < -0.4 is 0 Å². The molecule has 5 rings (SSSR count). The summed E-state index contributed by atoms with van der Waals surface area (Å²) in [6.45, 7) is 6.32. The Bertz CT molecular complexity index is 1200. The summed E-state index contributed by atoms with van der Waals surface area (Å²) in [5.74, 6) is 0. The number of para-hydroxylation sites is 1.